The molecule has 19 heavy (non-hydrogen) atoms. The van der Waals surface area contributed by atoms with Gasteiger partial charge in [0.15, 0.2) is 0 Å². The van der Waals surface area contributed by atoms with Crippen LogP contribution in [0.15, 0.2) is 18.5 Å². The zero-order valence-corrected chi connectivity index (χ0v) is 11.5. The first-order valence-electron chi connectivity index (χ1n) is 6.12. The smallest absolute Gasteiger partial charge is 0.282 e. The van der Waals surface area contributed by atoms with Gasteiger partial charge in [0.2, 0.25) is 10.1 Å². The Morgan fingerprint density at radius 2 is 2.32 bits per heavy atom. The fourth-order valence-corrected chi connectivity index (χ4v) is 2.10. The standard InChI is InChI=1S/C11H16N6OS/c1-2-4-13-11-16-15-10(19-11)9(18)12-6-8-17-7-3-5-14-17/h3,5,7H,2,4,6,8H2,1H3,(H,12,18)(H,13,16). The lowest BCUT2D eigenvalue weighted by Crippen LogP contribution is -2.27. The van der Waals surface area contributed by atoms with Crippen LogP contribution in [0.2, 0.25) is 0 Å². The van der Waals surface area contributed by atoms with E-state index in [1.165, 1.54) is 11.3 Å². The molecule has 0 atom stereocenters. The highest BCUT2D eigenvalue weighted by Gasteiger charge is 2.11. The Bertz CT molecular complexity index is 509. The maximum absolute atomic E-state index is 11.8. The van der Waals surface area contributed by atoms with Crippen molar-refractivity contribution in [2.24, 2.45) is 0 Å². The maximum atomic E-state index is 11.8. The number of aromatic nitrogens is 4. The van der Waals surface area contributed by atoms with Gasteiger partial charge in [-0.05, 0) is 12.5 Å². The highest BCUT2D eigenvalue weighted by molar-refractivity contribution is 7.17. The van der Waals surface area contributed by atoms with E-state index in [2.05, 4.69) is 32.9 Å². The SMILES string of the molecule is CCCNc1nnc(C(=O)NCCn2cccn2)s1. The molecule has 0 aliphatic rings. The van der Waals surface area contributed by atoms with Gasteiger partial charge < -0.3 is 10.6 Å². The predicted molar refractivity (Wildman–Crippen MR) is 73.2 cm³/mol. The summed E-state index contributed by atoms with van der Waals surface area (Å²) < 4.78 is 1.76. The zero-order chi connectivity index (χ0) is 13.5. The second kappa shape index (κ2) is 6.83. The summed E-state index contributed by atoms with van der Waals surface area (Å²) >= 11 is 1.26. The van der Waals surface area contributed by atoms with Crippen LogP contribution in [0.1, 0.15) is 23.1 Å². The largest absolute Gasteiger partial charge is 0.360 e. The van der Waals surface area contributed by atoms with Gasteiger partial charge in [0, 0.05) is 25.5 Å². The van der Waals surface area contributed by atoms with Crippen molar-refractivity contribution in [1.29, 1.82) is 0 Å². The van der Waals surface area contributed by atoms with Crippen molar-refractivity contribution in [3.05, 3.63) is 23.5 Å². The molecule has 102 valence electrons. The van der Waals surface area contributed by atoms with Crippen molar-refractivity contribution < 1.29 is 4.79 Å². The lowest BCUT2D eigenvalue weighted by atomic mass is 10.5. The third-order valence-electron chi connectivity index (χ3n) is 2.33. The Hall–Kier alpha value is -1.96. The summed E-state index contributed by atoms with van der Waals surface area (Å²) in [6.07, 6.45) is 4.56. The van der Waals surface area contributed by atoms with E-state index in [1.807, 2.05) is 12.3 Å². The van der Waals surface area contributed by atoms with Gasteiger partial charge >= 0.3 is 0 Å². The fourth-order valence-electron chi connectivity index (χ4n) is 1.41. The summed E-state index contributed by atoms with van der Waals surface area (Å²) in [5, 5.41) is 18.8. The van der Waals surface area contributed by atoms with Crippen molar-refractivity contribution in [1.82, 2.24) is 25.3 Å². The molecular formula is C11H16N6OS. The summed E-state index contributed by atoms with van der Waals surface area (Å²) in [6.45, 7) is 4.04. The molecule has 0 spiro atoms. The summed E-state index contributed by atoms with van der Waals surface area (Å²) in [5.74, 6) is -0.200. The molecule has 2 rings (SSSR count). The molecule has 0 radical (unpaired) electrons. The number of carbonyl (C=O) groups excluding carboxylic acids is 1. The summed E-state index contributed by atoms with van der Waals surface area (Å²) in [4.78, 5) is 11.8. The minimum Gasteiger partial charge on any atom is -0.360 e. The van der Waals surface area contributed by atoms with Crippen LogP contribution in [-0.4, -0.2) is 39.0 Å². The van der Waals surface area contributed by atoms with Crippen LogP contribution in [-0.2, 0) is 6.54 Å². The number of nitrogens with one attached hydrogen (secondary N) is 2. The number of carbonyl (C=O) groups is 1. The summed E-state index contributed by atoms with van der Waals surface area (Å²) in [7, 11) is 0. The average molecular weight is 280 g/mol. The number of amides is 1. The predicted octanol–water partition coefficient (Wildman–Crippen LogP) is 0.986. The van der Waals surface area contributed by atoms with Crippen LogP contribution in [0, 0.1) is 0 Å². The molecule has 0 aliphatic heterocycles. The Balaban J connectivity index is 1.77. The van der Waals surface area contributed by atoms with Gasteiger partial charge in [0.1, 0.15) is 0 Å². The highest BCUT2D eigenvalue weighted by Crippen LogP contribution is 2.14. The van der Waals surface area contributed by atoms with Crippen LogP contribution in [0.25, 0.3) is 0 Å². The van der Waals surface area contributed by atoms with Gasteiger partial charge in [0.05, 0.1) is 6.54 Å². The molecule has 7 nitrogen and oxygen atoms in total. The van der Waals surface area contributed by atoms with Gasteiger partial charge in [-0.15, -0.1) is 10.2 Å². The Labute approximate surface area is 115 Å². The molecule has 1 amide bonds. The Kier molecular flexibility index (Phi) is 4.85. The quantitative estimate of drug-likeness (QED) is 0.790. The lowest BCUT2D eigenvalue weighted by Gasteiger charge is -2.02. The van der Waals surface area contributed by atoms with Crippen molar-refractivity contribution in [3.8, 4) is 0 Å². The number of rotatable bonds is 7. The Morgan fingerprint density at radius 1 is 1.42 bits per heavy atom. The van der Waals surface area contributed by atoms with Gasteiger partial charge in [0.25, 0.3) is 5.91 Å². The minimum atomic E-state index is -0.200. The molecular weight excluding hydrogens is 264 g/mol. The monoisotopic (exact) mass is 280 g/mol. The molecule has 8 heteroatoms. The summed E-state index contributed by atoms with van der Waals surface area (Å²) in [5.41, 5.74) is 0. The minimum absolute atomic E-state index is 0.200. The van der Waals surface area contributed by atoms with Crippen molar-refractivity contribution in [3.63, 3.8) is 0 Å². The van der Waals surface area contributed by atoms with Gasteiger partial charge in [-0.3, -0.25) is 9.48 Å². The average Bonchev–Trinajstić information content (AvgIpc) is 3.07. The van der Waals surface area contributed by atoms with E-state index < -0.39 is 0 Å². The van der Waals surface area contributed by atoms with Crippen LogP contribution in [0.3, 0.4) is 0 Å². The first-order valence-corrected chi connectivity index (χ1v) is 6.94. The molecule has 0 saturated heterocycles. The number of hydrogen-bond acceptors (Lipinski definition) is 6. The molecule has 0 aromatic carbocycles. The third-order valence-corrected chi connectivity index (χ3v) is 3.21. The normalized spacial score (nSPS) is 10.4. The highest BCUT2D eigenvalue weighted by atomic mass is 32.1. The third kappa shape index (κ3) is 4.02. The van der Waals surface area contributed by atoms with E-state index in [0.717, 1.165) is 13.0 Å². The molecule has 2 aromatic heterocycles. The van der Waals surface area contributed by atoms with Crippen LogP contribution in [0.5, 0.6) is 0 Å². The van der Waals surface area contributed by atoms with E-state index in [9.17, 15) is 4.79 Å². The second-order valence-corrected chi connectivity index (χ2v) is 4.84. The number of anilines is 1. The van der Waals surface area contributed by atoms with E-state index in [0.29, 0.717) is 23.2 Å². The van der Waals surface area contributed by atoms with Crippen molar-refractivity contribution >= 4 is 22.4 Å². The molecule has 0 bridgehead atoms. The van der Waals surface area contributed by atoms with E-state index in [4.69, 9.17) is 0 Å². The molecule has 0 unspecified atom stereocenters. The Morgan fingerprint density at radius 3 is 3.05 bits per heavy atom. The first kappa shape index (κ1) is 13.5. The second-order valence-electron chi connectivity index (χ2n) is 3.86. The maximum Gasteiger partial charge on any atom is 0.282 e. The number of hydrogen-bond donors (Lipinski definition) is 2. The topological polar surface area (TPSA) is 84.7 Å². The molecule has 0 saturated carbocycles. The van der Waals surface area contributed by atoms with E-state index in [1.54, 1.807) is 10.9 Å². The van der Waals surface area contributed by atoms with Crippen molar-refractivity contribution in [2.75, 3.05) is 18.4 Å². The number of nitrogens with zero attached hydrogens (tertiary/aromatic N) is 4. The van der Waals surface area contributed by atoms with E-state index in [-0.39, 0.29) is 5.91 Å². The van der Waals surface area contributed by atoms with E-state index >= 15 is 0 Å². The van der Waals surface area contributed by atoms with Crippen LogP contribution in [0.4, 0.5) is 5.13 Å². The van der Waals surface area contributed by atoms with Crippen LogP contribution >= 0.6 is 11.3 Å². The van der Waals surface area contributed by atoms with Gasteiger partial charge in [-0.2, -0.15) is 5.10 Å². The summed E-state index contributed by atoms with van der Waals surface area (Å²) in [6, 6.07) is 1.85. The first-order chi connectivity index (χ1) is 9.29. The molecule has 0 aliphatic carbocycles. The zero-order valence-electron chi connectivity index (χ0n) is 10.7. The lowest BCUT2D eigenvalue weighted by molar-refractivity contribution is 0.0951. The van der Waals surface area contributed by atoms with Gasteiger partial charge in [-0.25, -0.2) is 0 Å². The molecule has 0 fully saturated rings. The molecule has 2 aromatic rings. The van der Waals surface area contributed by atoms with Crippen LogP contribution < -0.4 is 10.6 Å². The molecule has 2 N–H and O–H groups in total. The van der Waals surface area contributed by atoms with Gasteiger partial charge in [-0.1, -0.05) is 18.3 Å². The van der Waals surface area contributed by atoms with Crippen molar-refractivity contribution in [2.45, 2.75) is 19.9 Å². The molecule has 2 heterocycles. The fraction of sp³-hybridized carbons (Fsp3) is 0.455.